The number of hydrogen-bond acceptors (Lipinski definition) is 3. The second kappa shape index (κ2) is 7.92. The summed E-state index contributed by atoms with van der Waals surface area (Å²) in [7, 11) is 3.21. The summed E-state index contributed by atoms with van der Waals surface area (Å²) in [6.07, 6.45) is 1.42. The van der Waals surface area contributed by atoms with Crippen LogP contribution in [0, 0.1) is 5.92 Å². The summed E-state index contributed by atoms with van der Waals surface area (Å²) in [5, 5.41) is 2.42. The lowest BCUT2D eigenvalue weighted by atomic mass is 9.90. The predicted octanol–water partition coefficient (Wildman–Crippen LogP) is 2.88. The van der Waals surface area contributed by atoms with Gasteiger partial charge in [-0.05, 0) is 28.7 Å². The number of carbonyl (C=O) groups excluding carboxylic acids is 1. The number of nitrogens with two attached hydrogens (primary N) is 1. The van der Waals surface area contributed by atoms with Crippen molar-refractivity contribution in [2.24, 2.45) is 11.7 Å². The van der Waals surface area contributed by atoms with Crippen LogP contribution < -0.4 is 5.73 Å². The Morgan fingerprint density at radius 3 is 2.45 bits per heavy atom. The van der Waals surface area contributed by atoms with Crippen LogP contribution in [0.25, 0.3) is 10.8 Å². The zero-order chi connectivity index (χ0) is 15.9. The largest absolute Gasteiger partial charge is 0.370 e. The Kier molecular flexibility index (Phi) is 5.92. The molecule has 2 aromatic rings. The zero-order valence-electron chi connectivity index (χ0n) is 13.1. The maximum atomic E-state index is 11.4. The minimum absolute atomic E-state index is 0.0909. The number of hydrogen-bond donors (Lipinski definition) is 1. The fraction of sp³-hybridized carbons (Fsp3) is 0.389. The highest BCUT2D eigenvalue weighted by Gasteiger charge is 2.19. The van der Waals surface area contributed by atoms with E-state index in [4.69, 9.17) is 15.2 Å². The van der Waals surface area contributed by atoms with Crippen LogP contribution in [0.5, 0.6) is 0 Å². The molecular formula is C18H23NO3. The summed E-state index contributed by atoms with van der Waals surface area (Å²) >= 11 is 0. The molecule has 2 rings (SSSR count). The molecule has 0 aromatic heterocycles. The average Bonchev–Trinajstić information content (AvgIpc) is 2.52. The second-order valence-corrected chi connectivity index (χ2v) is 5.52. The lowest BCUT2D eigenvalue weighted by Crippen LogP contribution is -2.24. The highest BCUT2D eigenvalue weighted by Crippen LogP contribution is 2.25. The quantitative estimate of drug-likeness (QED) is 0.763. The van der Waals surface area contributed by atoms with Gasteiger partial charge in [0.25, 0.3) is 0 Å². The molecule has 0 aliphatic carbocycles. The predicted molar refractivity (Wildman–Crippen MR) is 87.4 cm³/mol. The van der Waals surface area contributed by atoms with Crippen LogP contribution in [0.1, 0.15) is 18.4 Å². The van der Waals surface area contributed by atoms with Crippen LogP contribution in [0.15, 0.2) is 42.5 Å². The number of primary amides is 1. The number of fused-ring (bicyclic) bond motifs is 1. The maximum absolute atomic E-state index is 11.4. The van der Waals surface area contributed by atoms with Crippen LogP contribution in [-0.2, 0) is 20.7 Å². The summed E-state index contributed by atoms with van der Waals surface area (Å²) < 4.78 is 10.5. The molecular weight excluding hydrogens is 278 g/mol. The van der Waals surface area contributed by atoms with Gasteiger partial charge in [-0.3, -0.25) is 4.79 Å². The molecule has 0 aliphatic heterocycles. The van der Waals surface area contributed by atoms with Crippen molar-refractivity contribution >= 4 is 16.7 Å². The minimum Gasteiger partial charge on any atom is -0.370 e. The van der Waals surface area contributed by atoms with E-state index in [9.17, 15) is 4.79 Å². The third kappa shape index (κ3) is 4.29. The SMILES string of the molecule is COC(CC(CC(N)=O)Cc1cccc2ccccc12)OC. The van der Waals surface area contributed by atoms with E-state index < -0.39 is 0 Å². The summed E-state index contributed by atoms with van der Waals surface area (Å²) in [6.45, 7) is 0. The molecule has 0 heterocycles. The van der Waals surface area contributed by atoms with Crippen molar-refractivity contribution in [1.82, 2.24) is 0 Å². The van der Waals surface area contributed by atoms with Crippen LogP contribution in [-0.4, -0.2) is 26.4 Å². The lowest BCUT2D eigenvalue weighted by Gasteiger charge is -2.21. The number of benzene rings is 2. The molecule has 4 heteroatoms. The highest BCUT2D eigenvalue weighted by atomic mass is 16.7. The monoisotopic (exact) mass is 301 g/mol. The summed E-state index contributed by atoms with van der Waals surface area (Å²) in [5.74, 6) is -0.204. The first-order valence-electron chi connectivity index (χ1n) is 7.44. The van der Waals surface area contributed by atoms with Crippen LogP contribution in [0.4, 0.5) is 0 Å². The average molecular weight is 301 g/mol. The third-order valence-corrected chi connectivity index (χ3v) is 3.93. The Morgan fingerprint density at radius 2 is 1.77 bits per heavy atom. The van der Waals surface area contributed by atoms with Crippen molar-refractivity contribution in [2.45, 2.75) is 25.6 Å². The molecule has 1 amide bonds. The number of ether oxygens (including phenoxy) is 2. The van der Waals surface area contributed by atoms with E-state index in [1.54, 1.807) is 14.2 Å². The molecule has 2 aromatic carbocycles. The molecule has 0 radical (unpaired) electrons. The number of rotatable bonds is 8. The summed E-state index contributed by atoms with van der Waals surface area (Å²) in [4.78, 5) is 11.4. The van der Waals surface area contributed by atoms with Crippen LogP contribution in [0.2, 0.25) is 0 Å². The van der Waals surface area contributed by atoms with Gasteiger partial charge in [0.15, 0.2) is 6.29 Å². The first kappa shape index (κ1) is 16.5. The van der Waals surface area contributed by atoms with Gasteiger partial charge in [-0.1, -0.05) is 42.5 Å². The van der Waals surface area contributed by atoms with E-state index in [0.717, 1.165) is 6.42 Å². The molecule has 1 atom stereocenters. The van der Waals surface area contributed by atoms with Gasteiger partial charge in [0.1, 0.15) is 0 Å². The number of methoxy groups -OCH3 is 2. The van der Waals surface area contributed by atoms with E-state index >= 15 is 0 Å². The smallest absolute Gasteiger partial charge is 0.217 e. The fourth-order valence-electron chi connectivity index (χ4n) is 2.87. The van der Waals surface area contributed by atoms with Crippen molar-refractivity contribution in [3.8, 4) is 0 Å². The molecule has 0 aliphatic rings. The van der Waals surface area contributed by atoms with Crippen LogP contribution in [0.3, 0.4) is 0 Å². The van der Waals surface area contributed by atoms with Crippen molar-refractivity contribution < 1.29 is 14.3 Å². The highest BCUT2D eigenvalue weighted by molar-refractivity contribution is 5.85. The van der Waals surface area contributed by atoms with Crippen molar-refractivity contribution in [1.29, 1.82) is 0 Å². The molecule has 0 saturated carbocycles. The van der Waals surface area contributed by atoms with E-state index in [1.165, 1.54) is 16.3 Å². The maximum Gasteiger partial charge on any atom is 0.217 e. The standard InChI is InChI=1S/C18H23NO3/c1-21-18(22-2)12-13(11-17(19)20)10-15-8-5-7-14-6-3-4-9-16(14)15/h3-9,13,18H,10-12H2,1-2H3,(H2,19,20). The van der Waals surface area contributed by atoms with Gasteiger partial charge in [-0.15, -0.1) is 0 Å². The Balaban J connectivity index is 2.22. The Bertz CT molecular complexity index is 617. The molecule has 0 fully saturated rings. The van der Waals surface area contributed by atoms with Gasteiger partial charge >= 0.3 is 0 Å². The summed E-state index contributed by atoms with van der Waals surface area (Å²) in [5.41, 5.74) is 6.62. The molecule has 2 N–H and O–H groups in total. The van der Waals surface area contributed by atoms with E-state index in [0.29, 0.717) is 12.8 Å². The third-order valence-electron chi connectivity index (χ3n) is 3.93. The van der Waals surface area contributed by atoms with Gasteiger partial charge in [0, 0.05) is 27.1 Å². The van der Waals surface area contributed by atoms with Gasteiger partial charge in [0.05, 0.1) is 0 Å². The Hall–Kier alpha value is -1.91. The zero-order valence-corrected chi connectivity index (χ0v) is 13.1. The molecule has 22 heavy (non-hydrogen) atoms. The minimum atomic E-state index is -0.320. The summed E-state index contributed by atoms with van der Waals surface area (Å²) in [6, 6.07) is 14.5. The van der Waals surface area contributed by atoms with Crippen molar-refractivity contribution in [3.05, 3.63) is 48.0 Å². The van der Waals surface area contributed by atoms with E-state index in [2.05, 4.69) is 24.3 Å². The number of carbonyl (C=O) groups is 1. The fourth-order valence-corrected chi connectivity index (χ4v) is 2.87. The van der Waals surface area contributed by atoms with Gasteiger partial charge in [-0.2, -0.15) is 0 Å². The first-order chi connectivity index (χ1) is 10.6. The molecule has 0 saturated heterocycles. The molecule has 0 bridgehead atoms. The normalized spacial score (nSPS) is 12.7. The molecule has 118 valence electrons. The van der Waals surface area contributed by atoms with Crippen LogP contribution >= 0.6 is 0 Å². The van der Waals surface area contributed by atoms with Gasteiger partial charge in [0.2, 0.25) is 5.91 Å². The Morgan fingerprint density at radius 1 is 1.09 bits per heavy atom. The lowest BCUT2D eigenvalue weighted by molar-refractivity contribution is -0.124. The van der Waals surface area contributed by atoms with Crippen molar-refractivity contribution in [2.75, 3.05) is 14.2 Å². The molecule has 1 unspecified atom stereocenters. The first-order valence-corrected chi connectivity index (χ1v) is 7.44. The molecule has 4 nitrogen and oxygen atoms in total. The van der Waals surface area contributed by atoms with Crippen molar-refractivity contribution in [3.63, 3.8) is 0 Å². The van der Waals surface area contributed by atoms with E-state index in [1.807, 2.05) is 18.2 Å². The number of amides is 1. The molecule has 0 spiro atoms. The Labute approximate surface area is 131 Å². The van der Waals surface area contributed by atoms with Gasteiger partial charge < -0.3 is 15.2 Å². The topological polar surface area (TPSA) is 61.5 Å². The second-order valence-electron chi connectivity index (χ2n) is 5.52. The van der Waals surface area contributed by atoms with E-state index in [-0.39, 0.29) is 18.1 Å². The van der Waals surface area contributed by atoms with Gasteiger partial charge in [-0.25, -0.2) is 0 Å².